The van der Waals surface area contributed by atoms with Crippen molar-refractivity contribution < 1.29 is 0 Å². The summed E-state index contributed by atoms with van der Waals surface area (Å²) in [6.45, 7) is 7.23. The molecule has 0 atom stereocenters. The molecule has 0 spiro atoms. The monoisotopic (exact) mass is 348 g/mol. The highest BCUT2D eigenvalue weighted by molar-refractivity contribution is 5.77. The normalized spacial score (nSPS) is 15.5. The smallest absolute Gasteiger partial charge is 0.258 e. The zero-order chi connectivity index (χ0) is 17.9. The van der Waals surface area contributed by atoms with Crippen LogP contribution in [-0.2, 0) is 6.42 Å². The minimum atomic E-state index is -0.0463. The van der Waals surface area contributed by atoms with E-state index in [1.807, 2.05) is 24.3 Å². The van der Waals surface area contributed by atoms with Crippen molar-refractivity contribution in [2.45, 2.75) is 13.3 Å². The first-order valence-electron chi connectivity index (χ1n) is 9.21. The Labute approximate surface area is 153 Å². The first kappa shape index (κ1) is 16.8. The maximum Gasteiger partial charge on any atom is 0.258 e. The molecule has 1 N–H and O–H groups in total. The molecule has 1 fully saturated rings. The number of fused-ring (bicyclic) bond motifs is 1. The molecule has 0 amide bonds. The Balaban J connectivity index is 1.37. The Morgan fingerprint density at radius 1 is 1.00 bits per heavy atom. The molecule has 1 aliphatic heterocycles. The van der Waals surface area contributed by atoms with Crippen molar-refractivity contribution in [2.75, 3.05) is 37.6 Å². The fourth-order valence-corrected chi connectivity index (χ4v) is 3.65. The van der Waals surface area contributed by atoms with Crippen molar-refractivity contribution >= 4 is 16.6 Å². The molecular weight excluding hydrogens is 324 g/mol. The second-order valence-corrected chi connectivity index (χ2v) is 6.89. The number of anilines is 1. The summed E-state index contributed by atoms with van der Waals surface area (Å²) >= 11 is 0. The number of H-pyrrole nitrogens is 1. The SMILES string of the molecule is Cc1ccccc1N1CCN(CCc2nc3ccccc3c(=O)[nH]2)CC1. The van der Waals surface area contributed by atoms with Gasteiger partial charge < -0.3 is 9.88 Å². The first-order chi connectivity index (χ1) is 12.7. The summed E-state index contributed by atoms with van der Waals surface area (Å²) < 4.78 is 0. The van der Waals surface area contributed by atoms with Crippen LogP contribution in [0, 0.1) is 6.92 Å². The topological polar surface area (TPSA) is 52.2 Å². The highest BCUT2D eigenvalue weighted by atomic mass is 16.1. The molecule has 2 aromatic carbocycles. The number of hydrogen-bond donors (Lipinski definition) is 1. The number of piperazine rings is 1. The molecule has 26 heavy (non-hydrogen) atoms. The van der Waals surface area contributed by atoms with Gasteiger partial charge in [0.1, 0.15) is 5.82 Å². The molecule has 0 unspecified atom stereocenters. The van der Waals surface area contributed by atoms with Gasteiger partial charge in [0.15, 0.2) is 0 Å². The van der Waals surface area contributed by atoms with Gasteiger partial charge in [0.05, 0.1) is 10.9 Å². The predicted molar refractivity (Wildman–Crippen MR) is 106 cm³/mol. The quantitative estimate of drug-likeness (QED) is 0.787. The van der Waals surface area contributed by atoms with E-state index in [-0.39, 0.29) is 5.56 Å². The summed E-state index contributed by atoms with van der Waals surface area (Å²) in [5, 5.41) is 0.656. The van der Waals surface area contributed by atoms with E-state index in [4.69, 9.17) is 0 Å². The van der Waals surface area contributed by atoms with E-state index in [1.165, 1.54) is 11.3 Å². The third-order valence-corrected chi connectivity index (χ3v) is 5.16. The molecule has 1 aromatic heterocycles. The summed E-state index contributed by atoms with van der Waals surface area (Å²) in [5.41, 5.74) is 3.40. The maximum atomic E-state index is 12.2. The number of nitrogens with one attached hydrogen (secondary N) is 1. The van der Waals surface area contributed by atoms with E-state index in [1.54, 1.807) is 0 Å². The average Bonchev–Trinajstić information content (AvgIpc) is 2.67. The van der Waals surface area contributed by atoms with E-state index in [0.717, 1.165) is 50.5 Å². The summed E-state index contributed by atoms with van der Waals surface area (Å²) in [6, 6.07) is 16.1. The number of aromatic nitrogens is 2. The van der Waals surface area contributed by atoms with E-state index < -0.39 is 0 Å². The predicted octanol–water partition coefficient (Wildman–Crippen LogP) is 2.60. The third kappa shape index (κ3) is 3.48. The van der Waals surface area contributed by atoms with Crippen molar-refractivity contribution in [2.24, 2.45) is 0 Å². The number of benzene rings is 2. The average molecular weight is 348 g/mol. The summed E-state index contributed by atoms with van der Waals surface area (Å²) in [6.07, 6.45) is 0.768. The van der Waals surface area contributed by atoms with Crippen molar-refractivity contribution in [3.8, 4) is 0 Å². The van der Waals surface area contributed by atoms with Gasteiger partial charge in [0, 0.05) is 44.8 Å². The fourth-order valence-electron chi connectivity index (χ4n) is 3.65. The Morgan fingerprint density at radius 2 is 1.73 bits per heavy atom. The highest BCUT2D eigenvalue weighted by Gasteiger charge is 2.18. The van der Waals surface area contributed by atoms with Crippen LogP contribution < -0.4 is 10.5 Å². The van der Waals surface area contributed by atoms with Crippen LogP contribution in [0.5, 0.6) is 0 Å². The molecule has 0 bridgehead atoms. The molecular formula is C21H24N4O. The molecule has 0 saturated carbocycles. The maximum absolute atomic E-state index is 12.2. The number of nitrogens with zero attached hydrogens (tertiary/aromatic N) is 3. The number of aromatic amines is 1. The highest BCUT2D eigenvalue weighted by Crippen LogP contribution is 2.20. The van der Waals surface area contributed by atoms with Crippen LogP contribution in [0.15, 0.2) is 53.3 Å². The van der Waals surface area contributed by atoms with Gasteiger partial charge in [-0.1, -0.05) is 30.3 Å². The molecule has 1 saturated heterocycles. The minimum Gasteiger partial charge on any atom is -0.369 e. The van der Waals surface area contributed by atoms with Crippen molar-refractivity contribution in [1.29, 1.82) is 0 Å². The van der Waals surface area contributed by atoms with E-state index in [2.05, 4.69) is 51.0 Å². The van der Waals surface area contributed by atoms with Crippen LogP contribution in [0.25, 0.3) is 10.9 Å². The van der Waals surface area contributed by atoms with Crippen LogP contribution in [0.4, 0.5) is 5.69 Å². The lowest BCUT2D eigenvalue weighted by Gasteiger charge is -2.36. The van der Waals surface area contributed by atoms with Gasteiger partial charge in [-0.05, 0) is 30.7 Å². The molecule has 3 aromatic rings. The molecule has 0 radical (unpaired) electrons. The van der Waals surface area contributed by atoms with E-state index >= 15 is 0 Å². The summed E-state index contributed by atoms with van der Waals surface area (Å²) in [4.78, 5) is 24.6. The molecule has 0 aliphatic carbocycles. The van der Waals surface area contributed by atoms with E-state index in [9.17, 15) is 4.79 Å². The molecule has 1 aliphatic rings. The molecule has 134 valence electrons. The first-order valence-corrected chi connectivity index (χ1v) is 9.21. The second kappa shape index (κ2) is 7.30. The fraction of sp³-hybridized carbons (Fsp3) is 0.333. The molecule has 5 heteroatoms. The molecule has 4 rings (SSSR count). The minimum absolute atomic E-state index is 0.0463. The van der Waals surface area contributed by atoms with Crippen molar-refractivity contribution in [3.63, 3.8) is 0 Å². The zero-order valence-electron chi connectivity index (χ0n) is 15.1. The lowest BCUT2D eigenvalue weighted by Crippen LogP contribution is -2.47. The van der Waals surface area contributed by atoms with Crippen LogP contribution in [0.1, 0.15) is 11.4 Å². The van der Waals surface area contributed by atoms with Gasteiger partial charge >= 0.3 is 0 Å². The van der Waals surface area contributed by atoms with Gasteiger partial charge in [-0.25, -0.2) is 4.98 Å². The Kier molecular flexibility index (Phi) is 4.71. The van der Waals surface area contributed by atoms with Crippen molar-refractivity contribution in [3.05, 3.63) is 70.3 Å². The van der Waals surface area contributed by atoms with Crippen LogP contribution in [0.2, 0.25) is 0 Å². The number of aryl methyl sites for hydroxylation is 1. The summed E-state index contributed by atoms with van der Waals surface area (Å²) in [7, 11) is 0. The van der Waals surface area contributed by atoms with Gasteiger partial charge in [-0.2, -0.15) is 0 Å². The van der Waals surface area contributed by atoms with E-state index in [0.29, 0.717) is 5.39 Å². The lowest BCUT2D eigenvalue weighted by molar-refractivity contribution is 0.259. The number of rotatable bonds is 4. The standard InChI is InChI=1S/C21H24N4O/c1-16-6-2-5-9-19(16)25-14-12-24(13-15-25)11-10-20-22-18-8-4-3-7-17(18)21(26)23-20/h2-9H,10-15H2,1H3,(H,22,23,26). The van der Waals surface area contributed by atoms with Crippen molar-refractivity contribution in [1.82, 2.24) is 14.9 Å². The van der Waals surface area contributed by atoms with Gasteiger partial charge in [-0.15, -0.1) is 0 Å². The van der Waals surface area contributed by atoms with Gasteiger partial charge in [0.2, 0.25) is 0 Å². The third-order valence-electron chi connectivity index (χ3n) is 5.16. The van der Waals surface area contributed by atoms with Crippen LogP contribution in [-0.4, -0.2) is 47.6 Å². The van der Waals surface area contributed by atoms with Crippen LogP contribution in [0.3, 0.4) is 0 Å². The Morgan fingerprint density at radius 3 is 2.54 bits per heavy atom. The van der Waals surface area contributed by atoms with Gasteiger partial charge in [-0.3, -0.25) is 9.69 Å². The largest absolute Gasteiger partial charge is 0.369 e. The number of hydrogen-bond acceptors (Lipinski definition) is 4. The lowest BCUT2D eigenvalue weighted by atomic mass is 10.1. The molecule has 2 heterocycles. The second-order valence-electron chi connectivity index (χ2n) is 6.89. The Hall–Kier alpha value is -2.66. The van der Waals surface area contributed by atoms with Crippen LogP contribution >= 0.6 is 0 Å². The summed E-state index contributed by atoms with van der Waals surface area (Å²) in [5.74, 6) is 0.773. The number of para-hydroxylation sites is 2. The Bertz CT molecular complexity index is 957. The van der Waals surface area contributed by atoms with Gasteiger partial charge in [0.25, 0.3) is 5.56 Å². The zero-order valence-corrected chi connectivity index (χ0v) is 15.1. The molecule has 5 nitrogen and oxygen atoms in total.